The van der Waals surface area contributed by atoms with Crippen molar-refractivity contribution >= 4 is 53.1 Å². The molecule has 3 rings (SSSR count). The molecule has 0 amide bonds. The minimum atomic E-state index is -1.92. The molecule has 0 spiro atoms. The van der Waals surface area contributed by atoms with Crippen LogP contribution >= 0.6 is 39.7 Å². The first kappa shape index (κ1) is 26.8. The number of benzene rings is 2. The van der Waals surface area contributed by atoms with Gasteiger partial charge in [-0.1, -0.05) is 90.9 Å². The molecule has 1 saturated heterocycles. The quantitative estimate of drug-likeness (QED) is 0.262. The molecule has 0 aromatic heterocycles. The van der Waals surface area contributed by atoms with Gasteiger partial charge in [0.25, 0.3) is 0 Å². The number of rotatable bonds is 9. The van der Waals surface area contributed by atoms with Crippen molar-refractivity contribution in [2.75, 3.05) is 6.61 Å². The van der Waals surface area contributed by atoms with Gasteiger partial charge in [-0.3, -0.25) is 0 Å². The first-order valence-electron chi connectivity index (χ1n) is 11.1. The van der Waals surface area contributed by atoms with Gasteiger partial charge in [0, 0.05) is 9.50 Å². The highest BCUT2D eigenvalue weighted by Crippen LogP contribution is 2.37. The van der Waals surface area contributed by atoms with Crippen LogP contribution in [0.1, 0.15) is 31.9 Å². The Bertz CT molecular complexity index is 969. The average molecular weight is 571 g/mol. The Morgan fingerprint density at radius 2 is 1.79 bits per heavy atom. The summed E-state index contributed by atoms with van der Waals surface area (Å²) in [6.07, 6.45) is -0.653. The third-order valence-corrected chi connectivity index (χ3v) is 12.1. The van der Waals surface area contributed by atoms with Crippen LogP contribution < -0.4 is 5.32 Å². The van der Waals surface area contributed by atoms with Crippen molar-refractivity contribution in [1.82, 2.24) is 5.32 Å². The molecule has 0 radical (unpaired) electrons. The van der Waals surface area contributed by atoms with E-state index in [1.54, 1.807) is 0 Å². The number of thiocarbonyl (C=S) groups is 1. The highest BCUT2D eigenvalue weighted by molar-refractivity contribution is 9.10. The molecule has 2 aromatic carbocycles. The minimum Gasteiger partial charge on any atom is -0.415 e. The lowest BCUT2D eigenvalue weighted by molar-refractivity contribution is -0.0610. The summed E-state index contributed by atoms with van der Waals surface area (Å²) >= 11 is 15.5. The zero-order valence-electron chi connectivity index (χ0n) is 19.9. The Morgan fingerprint density at radius 1 is 1.06 bits per heavy atom. The van der Waals surface area contributed by atoms with E-state index in [0.29, 0.717) is 29.8 Å². The maximum Gasteiger partial charge on any atom is 0.192 e. The minimum absolute atomic E-state index is 0.0879. The molecule has 2 aromatic rings. The fourth-order valence-electron chi connectivity index (χ4n) is 3.35. The molecule has 0 bridgehead atoms. The summed E-state index contributed by atoms with van der Waals surface area (Å²) in [5, 5.41) is 4.22. The molecular formula is C25H33BrClNO3SSi. The topological polar surface area (TPSA) is 39.7 Å². The van der Waals surface area contributed by atoms with Gasteiger partial charge in [-0.25, -0.2) is 0 Å². The van der Waals surface area contributed by atoms with E-state index in [1.807, 2.05) is 42.5 Å². The van der Waals surface area contributed by atoms with Crippen LogP contribution in [0.4, 0.5) is 0 Å². The van der Waals surface area contributed by atoms with Crippen molar-refractivity contribution in [2.45, 2.75) is 70.4 Å². The average Bonchev–Trinajstić information content (AvgIpc) is 3.04. The van der Waals surface area contributed by atoms with E-state index >= 15 is 0 Å². The highest BCUT2D eigenvalue weighted by Gasteiger charge is 2.44. The number of ether oxygens (including phenoxy) is 2. The lowest BCUT2D eigenvalue weighted by Crippen LogP contribution is -2.47. The van der Waals surface area contributed by atoms with E-state index in [-0.39, 0.29) is 23.3 Å². The van der Waals surface area contributed by atoms with Crippen LogP contribution in [0, 0.1) is 0 Å². The van der Waals surface area contributed by atoms with Crippen LogP contribution in [0.5, 0.6) is 0 Å². The van der Waals surface area contributed by atoms with Crippen molar-refractivity contribution in [3.05, 3.63) is 69.2 Å². The third-order valence-electron chi connectivity index (χ3n) is 6.42. The fourth-order valence-corrected chi connectivity index (χ4v) is 5.37. The molecule has 0 aliphatic carbocycles. The maximum atomic E-state index is 6.51. The van der Waals surface area contributed by atoms with Gasteiger partial charge in [-0.2, -0.15) is 0 Å². The summed E-state index contributed by atoms with van der Waals surface area (Å²) in [7, 11) is -1.92. The molecule has 3 unspecified atom stereocenters. The van der Waals surface area contributed by atoms with Crippen LogP contribution in [0.3, 0.4) is 0 Å². The van der Waals surface area contributed by atoms with Crippen molar-refractivity contribution in [3.8, 4) is 0 Å². The number of halogens is 2. The molecule has 180 valence electrons. The molecule has 8 heteroatoms. The monoisotopic (exact) mass is 569 g/mol. The van der Waals surface area contributed by atoms with Crippen molar-refractivity contribution in [2.24, 2.45) is 0 Å². The highest BCUT2D eigenvalue weighted by atomic mass is 79.9. The van der Waals surface area contributed by atoms with E-state index < -0.39 is 8.32 Å². The predicted molar refractivity (Wildman–Crippen MR) is 145 cm³/mol. The normalized spacial score (nSPS) is 21.3. The molecule has 3 atom stereocenters. The Labute approximate surface area is 217 Å². The first-order chi connectivity index (χ1) is 15.5. The molecule has 1 fully saturated rings. The molecule has 1 N–H and O–H groups in total. The Hall–Kier alpha value is -0.803. The number of hydrogen-bond acceptors (Lipinski definition) is 4. The van der Waals surface area contributed by atoms with Crippen molar-refractivity contribution in [1.29, 1.82) is 0 Å². The van der Waals surface area contributed by atoms with Gasteiger partial charge < -0.3 is 19.2 Å². The number of nitrogens with one attached hydrogen (secondary N) is 1. The van der Waals surface area contributed by atoms with Gasteiger partial charge in [-0.15, -0.1) is 0 Å². The Balaban J connectivity index is 1.74. The van der Waals surface area contributed by atoms with E-state index in [4.69, 9.17) is 37.7 Å². The summed E-state index contributed by atoms with van der Waals surface area (Å²) in [4.78, 5) is 0.644. The van der Waals surface area contributed by atoms with Crippen molar-refractivity contribution in [3.63, 3.8) is 0 Å². The molecule has 1 aliphatic rings. The smallest absolute Gasteiger partial charge is 0.192 e. The predicted octanol–water partition coefficient (Wildman–Crippen LogP) is 6.89. The summed E-state index contributed by atoms with van der Waals surface area (Å²) in [6.45, 7) is 12.6. The second-order valence-corrected chi connectivity index (χ2v) is 16.5. The van der Waals surface area contributed by atoms with Gasteiger partial charge in [0.15, 0.2) is 8.32 Å². The zero-order chi connectivity index (χ0) is 24.2. The van der Waals surface area contributed by atoms with E-state index in [1.165, 1.54) is 0 Å². The van der Waals surface area contributed by atoms with Crippen LogP contribution in [0.15, 0.2) is 53.0 Å². The standard InChI is InChI=1S/C25H33BrClNO3SSi/c1-25(2,3)33(4,5)31-16-21-22(29-14-17-9-8-11-19(26)13-17)23(24(32)28-21)30-15-18-10-6-7-12-20(18)27/h6-13,21-23H,14-16H2,1-5H3,(H,28,32). The van der Waals surface area contributed by atoms with Gasteiger partial charge in [0.2, 0.25) is 0 Å². The summed E-state index contributed by atoms with van der Waals surface area (Å²) in [5.41, 5.74) is 2.00. The van der Waals surface area contributed by atoms with Crippen molar-refractivity contribution < 1.29 is 13.9 Å². The van der Waals surface area contributed by atoms with Gasteiger partial charge in [0.1, 0.15) is 17.2 Å². The van der Waals surface area contributed by atoms with Crippen LogP contribution in [0.2, 0.25) is 23.2 Å². The second kappa shape index (κ2) is 11.3. The fraction of sp³-hybridized carbons (Fsp3) is 0.480. The van der Waals surface area contributed by atoms with Gasteiger partial charge in [0.05, 0.1) is 25.9 Å². The Morgan fingerprint density at radius 3 is 2.45 bits per heavy atom. The van der Waals surface area contributed by atoms with Crippen LogP contribution in [0.25, 0.3) is 0 Å². The molecule has 1 heterocycles. The van der Waals surface area contributed by atoms with Crippen LogP contribution in [-0.2, 0) is 27.1 Å². The summed E-state index contributed by atoms with van der Waals surface area (Å²) < 4.78 is 20.2. The lowest BCUT2D eigenvalue weighted by Gasteiger charge is -2.37. The molecule has 33 heavy (non-hydrogen) atoms. The van der Waals surface area contributed by atoms with Gasteiger partial charge >= 0.3 is 0 Å². The lowest BCUT2D eigenvalue weighted by atomic mass is 10.1. The number of hydrogen-bond donors (Lipinski definition) is 1. The largest absolute Gasteiger partial charge is 0.415 e. The second-order valence-electron chi connectivity index (χ2n) is 9.91. The van der Waals surface area contributed by atoms with Crippen LogP contribution in [-0.4, -0.2) is 38.2 Å². The summed E-state index contributed by atoms with van der Waals surface area (Å²) in [5.74, 6) is 0. The SMILES string of the molecule is CC(C)(C)[Si](C)(C)OCC1NC(=S)C(OCc2ccccc2Cl)C1OCc1cccc(Br)c1. The van der Waals surface area contributed by atoms with E-state index in [2.05, 4.69) is 61.2 Å². The summed E-state index contributed by atoms with van der Waals surface area (Å²) in [6, 6.07) is 15.7. The first-order valence-corrected chi connectivity index (χ1v) is 15.6. The molecule has 1 aliphatic heterocycles. The molecular weight excluding hydrogens is 538 g/mol. The zero-order valence-corrected chi connectivity index (χ0v) is 24.0. The van der Waals surface area contributed by atoms with Gasteiger partial charge in [-0.05, 0) is 47.5 Å². The van der Waals surface area contributed by atoms with E-state index in [0.717, 1.165) is 15.6 Å². The molecule has 4 nitrogen and oxygen atoms in total. The Kier molecular flexibility index (Phi) is 9.17. The maximum absolute atomic E-state index is 6.51. The molecule has 0 saturated carbocycles. The third kappa shape index (κ3) is 7.10. The van der Waals surface area contributed by atoms with E-state index in [9.17, 15) is 0 Å².